The van der Waals surface area contributed by atoms with Gasteiger partial charge in [0.2, 0.25) is 0 Å². The zero-order valence-corrected chi connectivity index (χ0v) is 10.9. The standard InChI is InChI=1S/C12H22O5/c1-5-11(3,9(14)15)7-12(4,8-13)10(16)17-6-2/h13H,5-8H2,1-4H3,(H,14,15). The van der Waals surface area contributed by atoms with E-state index < -0.39 is 29.4 Å². The number of aliphatic hydroxyl groups is 1. The third kappa shape index (κ3) is 3.70. The molecule has 0 amide bonds. The smallest absolute Gasteiger partial charge is 0.314 e. The second-order valence-corrected chi connectivity index (χ2v) is 4.84. The van der Waals surface area contributed by atoms with Crippen LogP contribution < -0.4 is 0 Å². The molecule has 0 rings (SSSR count). The molecule has 0 aliphatic carbocycles. The van der Waals surface area contributed by atoms with E-state index in [0.29, 0.717) is 6.42 Å². The summed E-state index contributed by atoms with van der Waals surface area (Å²) < 4.78 is 4.88. The molecule has 0 aromatic rings. The van der Waals surface area contributed by atoms with E-state index >= 15 is 0 Å². The van der Waals surface area contributed by atoms with Crippen LogP contribution in [-0.2, 0) is 14.3 Å². The van der Waals surface area contributed by atoms with Crippen molar-refractivity contribution in [3.63, 3.8) is 0 Å². The molecule has 0 bridgehead atoms. The fourth-order valence-electron chi connectivity index (χ4n) is 1.71. The fraction of sp³-hybridized carbons (Fsp3) is 0.833. The molecule has 2 unspecified atom stereocenters. The monoisotopic (exact) mass is 246 g/mol. The molecule has 100 valence electrons. The minimum atomic E-state index is -1.17. The average Bonchev–Trinajstić information content (AvgIpc) is 2.28. The van der Waals surface area contributed by atoms with Crippen LogP contribution in [0.4, 0.5) is 0 Å². The van der Waals surface area contributed by atoms with E-state index in [1.807, 2.05) is 0 Å². The van der Waals surface area contributed by atoms with Gasteiger partial charge in [-0.05, 0) is 33.6 Å². The molecule has 0 aromatic heterocycles. The highest BCUT2D eigenvalue weighted by atomic mass is 16.5. The Morgan fingerprint density at radius 2 is 1.71 bits per heavy atom. The summed E-state index contributed by atoms with van der Waals surface area (Å²) in [6.07, 6.45) is 0.443. The van der Waals surface area contributed by atoms with Crippen LogP contribution in [0.1, 0.15) is 40.5 Å². The van der Waals surface area contributed by atoms with Crippen molar-refractivity contribution in [3.05, 3.63) is 0 Å². The van der Waals surface area contributed by atoms with E-state index in [0.717, 1.165) is 0 Å². The third-order valence-corrected chi connectivity index (χ3v) is 3.19. The van der Waals surface area contributed by atoms with E-state index in [1.165, 1.54) is 6.92 Å². The second kappa shape index (κ2) is 6.00. The number of aliphatic carboxylic acids is 1. The first-order valence-corrected chi connectivity index (χ1v) is 5.77. The highest BCUT2D eigenvalue weighted by Crippen LogP contribution is 2.37. The zero-order valence-electron chi connectivity index (χ0n) is 10.9. The summed E-state index contributed by atoms with van der Waals surface area (Å²) in [4.78, 5) is 22.9. The molecule has 0 aliphatic heterocycles. The Hall–Kier alpha value is -1.10. The summed E-state index contributed by atoms with van der Waals surface area (Å²) in [5.41, 5.74) is -2.20. The van der Waals surface area contributed by atoms with Gasteiger partial charge in [-0.15, -0.1) is 0 Å². The van der Waals surface area contributed by atoms with E-state index in [1.54, 1.807) is 20.8 Å². The lowest BCUT2D eigenvalue weighted by atomic mass is 9.72. The van der Waals surface area contributed by atoms with Crippen molar-refractivity contribution in [2.45, 2.75) is 40.5 Å². The molecule has 0 aliphatic rings. The molecule has 0 radical (unpaired) electrons. The molecule has 0 fully saturated rings. The summed E-state index contributed by atoms with van der Waals surface area (Å²) in [7, 11) is 0. The SMILES string of the molecule is CCOC(=O)C(C)(CO)CC(C)(CC)C(=O)O. The van der Waals surface area contributed by atoms with Gasteiger partial charge < -0.3 is 14.9 Å². The van der Waals surface area contributed by atoms with Crippen molar-refractivity contribution in [2.75, 3.05) is 13.2 Å². The van der Waals surface area contributed by atoms with E-state index in [9.17, 15) is 14.7 Å². The largest absolute Gasteiger partial charge is 0.481 e. The van der Waals surface area contributed by atoms with E-state index in [-0.39, 0.29) is 13.0 Å². The number of carboxylic acid groups (broad SMARTS) is 1. The lowest BCUT2D eigenvalue weighted by molar-refractivity contribution is -0.163. The minimum absolute atomic E-state index is 0.0567. The topological polar surface area (TPSA) is 83.8 Å². The predicted octanol–water partition coefficient (Wildman–Crippen LogP) is 1.44. The summed E-state index contributed by atoms with van der Waals surface area (Å²) in [6, 6.07) is 0. The lowest BCUT2D eigenvalue weighted by Gasteiger charge is -2.33. The number of carboxylic acids is 1. The fourth-order valence-corrected chi connectivity index (χ4v) is 1.71. The number of hydrogen-bond acceptors (Lipinski definition) is 4. The van der Waals surface area contributed by atoms with E-state index in [2.05, 4.69) is 0 Å². The van der Waals surface area contributed by atoms with Crippen LogP contribution in [0.15, 0.2) is 0 Å². The molecule has 2 atom stereocenters. The maximum Gasteiger partial charge on any atom is 0.314 e. The lowest BCUT2D eigenvalue weighted by Crippen LogP contribution is -2.41. The Labute approximate surface area is 102 Å². The minimum Gasteiger partial charge on any atom is -0.481 e. The van der Waals surface area contributed by atoms with Gasteiger partial charge in [0, 0.05) is 0 Å². The zero-order chi connectivity index (χ0) is 13.7. The number of esters is 1. The first-order chi connectivity index (χ1) is 7.75. The van der Waals surface area contributed by atoms with Gasteiger partial charge in [0.1, 0.15) is 0 Å². The Morgan fingerprint density at radius 1 is 1.18 bits per heavy atom. The summed E-state index contributed by atoms with van der Waals surface area (Å²) in [5.74, 6) is -1.52. The number of hydrogen-bond donors (Lipinski definition) is 2. The molecule has 5 nitrogen and oxygen atoms in total. The molecule has 0 spiro atoms. The van der Waals surface area contributed by atoms with E-state index in [4.69, 9.17) is 9.84 Å². The molecule has 0 aromatic carbocycles. The molecular formula is C12H22O5. The van der Waals surface area contributed by atoms with Crippen LogP contribution >= 0.6 is 0 Å². The highest BCUT2D eigenvalue weighted by molar-refractivity contribution is 5.79. The van der Waals surface area contributed by atoms with Crippen LogP contribution in [0.25, 0.3) is 0 Å². The van der Waals surface area contributed by atoms with Crippen molar-refractivity contribution in [2.24, 2.45) is 10.8 Å². The second-order valence-electron chi connectivity index (χ2n) is 4.84. The van der Waals surface area contributed by atoms with Crippen molar-refractivity contribution >= 4 is 11.9 Å². The number of carbonyl (C=O) groups excluding carboxylic acids is 1. The number of carbonyl (C=O) groups is 2. The van der Waals surface area contributed by atoms with Gasteiger partial charge in [-0.25, -0.2) is 0 Å². The molecule has 17 heavy (non-hydrogen) atoms. The molecular weight excluding hydrogens is 224 g/mol. The van der Waals surface area contributed by atoms with Gasteiger partial charge in [-0.2, -0.15) is 0 Å². The maximum atomic E-state index is 11.7. The van der Waals surface area contributed by atoms with Crippen LogP contribution in [0.3, 0.4) is 0 Å². The first-order valence-electron chi connectivity index (χ1n) is 5.77. The predicted molar refractivity (Wildman–Crippen MR) is 62.5 cm³/mol. The molecule has 5 heteroatoms. The van der Waals surface area contributed by atoms with Crippen LogP contribution in [0.5, 0.6) is 0 Å². The number of ether oxygens (including phenoxy) is 1. The Morgan fingerprint density at radius 3 is 2.00 bits per heavy atom. The molecule has 0 saturated carbocycles. The van der Waals surface area contributed by atoms with Gasteiger partial charge in [-0.3, -0.25) is 9.59 Å². The maximum absolute atomic E-state index is 11.7. The quantitative estimate of drug-likeness (QED) is 0.664. The number of rotatable bonds is 7. The molecule has 0 heterocycles. The van der Waals surface area contributed by atoms with Gasteiger partial charge in [-0.1, -0.05) is 6.92 Å². The van der Waals surface area contributed by atoms with Gasteiger partial charge in [0.15, 0.2) is 0 Å². The first kappa shape index (κ1) is 15.9. The van der Waals surface area contributed by atoms with Crippen molar-refractivity contribution in [1.82, 2.24) is 0 Å². The Balaban J connectivity index is 5.01. The molecule has 0 saturated heterocycles. The average molecular weight is 246 g/mol. The summed E-state index contributed by atoms with van der Waals surface area (Å²) >= 11 is 0. The normalized spacial score (nSPS) is 17.9. The van der Waals surface area contributed by atoms with Crippen molar-refractivity contribution < 1.29 is 24.5 Å². The Kier molecular flexibility index (Phi) is 5.61. The van der Waals surface area contributed by atoms with Crippen molar-refractivity contribution in [3.8, 4) is 0 Å². The third-order valence-electron chi connectivity index (χ3n) is 3.19. The van der Waals surface area contributed by atoms with Gasteiger partial charge in [0.05, 0.1) is 24.0 Å². The number of aliphatic hydroxyl groups excluding tert-OH is 1. The van der Waals surface area contributed by atoms with Crippen LogP contribution in [0, 0.1) is 10.8 Å². The molecule has 2 N–H and O–H groups in total. The van der Waals surface area contributed by atoms with Crippen LogP contribution in [0.2, 0.25) is 0 Å². The summed E-state index contributed by atoms with van der Waals surface area (Å²) in [5, 5.41) is 18.5. The highest BCUT2D eigenvalue weighted by Gasteiger charge is 2.44. The Bertz CT molecular complexity index is 289. The summed E-state index contributed by atoms with van der Waals surface area (Å²) in [6.45, 7) is 6.31. The van der Waals surface area contributed by atoms with Crippen LogP contribution in [-0.4, -0.2) is 35.4 Å². The van der Waals surface area contributed by atoms with Crippen molar-refractivity contribution in [1.29, 1.82) is 0 Å². The van der Waals surface area contributed by atoms with Gasteiger partial charge in [0.25, 0.3) is 0 Å². The van der Waals surface area contributed by atoms with Gasteiger partial charge >= 0.3 is 11.9 Å².